The van der Waals surface area contributed by atoms with Crippen LogP contribution in [0.1, 0.15) is 0 Å². The van der Waals surface area contributed by atoms with Gasteiger partial charge >= 0.3 is 5.97 Å². The van der Waals surface area contributed by atoms with Crippen LogP contribution in [0.2, 0.25) is 38.8 Å². The van der Waals surface area contributed by atoms with E-state index in [1.54, 1.807) is 0 Å². The predicted molar refractivity (Wildman–Crippen MR) is 67.9 cm³/mol. The van der Waals surface area contributed by atoms with Crippen LogP contribution in [-0.4, -0.2) is 29.7 Å². The van der Waals surface area contributed by atoms with Crippen LogP contribution in [0.25, 0.3) is 0 Å². The molecule has 0 saturated heterocycles. The Hall–Kier alpha value is -0.396. The molecule has 0 bridgehead atoms. The lowest BCUT2D eigenvalue weighted by atomic mass is 10.4. The van der Waals surface area contributed by atoms with E-state index in [-0.39, 0.29) is 5.97 Å². The molecule has 0 amide bonds. The third kappa shape index (κ3) is 6.64. The summed E-state index contributed by atoms with van der Waals surface area (Å²) < 4.78 is 10.7. The average molecular weight is 246 g/mol. The van der Waals surface area contributed by atoms with Crippen LogP contribution in [0.5, 0.6) is 0 Å². The zero-order valence-electron chi connectivity index (χ0n) is 10.6. The Bertz CT molecular complexity index is 254. The number of rotatable bonds is 5. The Labute approximate surface area is 94.7 Å². The van der Waals surface area contributed by atoms with Crippen LogP contribution in [0, 0.1) is 0 Å². The number of carbonyl (C=O) groups is 1. The molecule has 0 atom stereocenters. The number of methoxy groups -OCH3 is 1. The summed E-state index contributed by atoms with van der Waals surface area (Å²) in [6.45, 7) is 14.4. The molecule has 0 unspecified atom stereocenters. The Morgan fingerprint density at radius 2 is 1.67 bits per heavy atom. The molecule has 5 heteroatoms. The molecule has 0 fully saturated rings. The maximum Gasteiger partial charge on any atom is 0.332 e. The van der Waals surface area contributed by atoms with Gasteiger partial charge in [0.1, 0.15) is 0 Å². The van der Waals surface area contributed by atoms with Crippen molar-refractivity contribution in [2.24, 2.45) is 0 Å². The molecule has 0 N–H and O–H groups in total. The smallest absolute Gasteiger partial charge is 0.332 e. The van der Waals surface area contributed by atoms with Crippen LogP contribution >= 0.6 is 0 Å². The maximum absolute atomic E-state index is 11.2. The summed E-state index contributed by atoms with van der Waals surface area (Å²) in [6.07, 6.45) is 0. The van der Waals surface area contributed by atoms with E-state index < -0.39 is 16.6 Å². The van der Waals surface area contributed by atoms with Crippen LogP contribution in [0.15, 0.2) is 12.2 Å². The third-order valence-corrected chi connectivity index (χ3v) is 7.63. The normalized spacial score (nSPS) is 12.4. The van der Waals surface area contributed by atoms with Gasteiger partial charge < -0.3 is 8.85 Å². The molecule has 0 heterocycles. The van der Waals surface area contributed by atoms with E-state index in [2.05, 4.69) is 44.1 Å². The number of hydrogen-bond donors (Lipinski definition) is 0. The fraction of sp³-hybridized carbons (Fsp3) is 0.700. The van der Waals surface area contributed by atoms with Gasteiger partial charge in [-0.3, -0.25) is 0 Å². The molecule has 0 rings (SSSR count). The van der Waals surface area contributed by atoms with Gasteiger partial charge in [0.05, 0.1) is 7.11 Å². The SMILES string of the molecule is C=C(C[Si](C)(C)O[Si](C)(C)C)C(=O)OC. The van der Waals surface area contributed by atoms with Crippen molar-refractivity contribution in [2.45, 2.75) is 38.8 Å². The monoisotopic (exact) mass is 246 g/mol. The average Bonchev–Trinajstić information content (AvgIpc) is 1.96. The first-order valence-corrected chi connectivity index (χ1v) is 11.6. The second-order valence-corrected chi connectivity index (χ2v) is 14.2. The van der Waals surface area contributed by atoms with E-state index in [0.717, 1.165) is 0 Å². The highest BCUT2D eigenvalue weighted by Gasteiger charge is 2.31. The Morgan fingerprint density at radius 1 is 1.20 bits per heavy atom. The van der Waals surface area contributed by atoms with E-state index in [9.17, 15) is 4.79 Å². The van der Waals surface area contributed by atoms with Crippen LogP contribution < -0.4 is 0 Å². The molecule has 3 nitrogen and oxygen atoms in total. The second kappa shape index (κ2) is 5.09. The zero-order valence-corrected chi connectivity index (χ0v) is 12.6. The van der Waals surface area contributed by atoms with Crippen molar-refractivity contribution in [3.8, 4) is 0 Å². The number of hydrogen-bond acceptors (Lipinski definition) is 3. The predicted octanol–water partition coefficient (Wildman–Crippen LogP) is 2.77. The van der Waals surface area contributed by atoms with E-state index in [4.69, 9.17) is 4.12 Å². The standard InChI is InChI=1S/C10H22O3Si2/c1-9(10(11)12-2)8-15(6,7)13-14(3,4)5/h1,8H2,2-7H3. The molecule has 0 aliphatic heterocycles. The molecule has 88 valence electrons. The summed E-state index contributed by atoms with van der Waals surface area (Å²) in [5.41, 5.74) is 0.521. The van der Waals surface area contributed by atoms with Crippen molar-refractivity contribution in [1.82, 2.24) is 0 Å². The number of esters is 1. The molecule has 0 aliphatic carbocycles. The summed E-state index contributed by atoms with van der Waals surface area (Å²) in [5.74, 6) is -0.324. The lowest BCUT2D eigenvalue weighted by molar-refractivity contribution is -0.136. The first-order chi connectivity index (χ1) is 6.57. The minimum atomic E-state index is -1.82. The van der Waals surface area contributed by atoms with Gasteiger partial charge in [0.2, 0.25) is 0 Å². The Kier molecular flexibility index (Phi) is 4.96. The summed E-state index contributed by atoms with van der Waals surface area (Å²) in [5, 5.41) is 0. The minimum absolute atomic E-state index is 0.324. The topological polar surface area (TPSA) is 35.5 Å². The van der Waals surface area contributed by atoms with Crippen LogP contribution in [0.4, 0.5) is 0 Å². The highest BCUT2D eigenvalue weighted by Crippen LogP contribution is 2.22. The van der Waals surface area contributed by atoms with Crippen molar-refractivity contribution < 1.29 is 13.6 Å². The largest absolute Gasteiger partial charge is 0.466 e. The van der Waals surface area contributed by atoms with Crippen LogP contribution in [0.3, 0.4) is 0 Å². The van der Waals surface area contributed by atoms with Crippen LogP contribution in [-0.2, 0) is 13.6 Å². The van der Waals surface area contributed by atoms with Gasteiger partial charge in [-0.25, -0.2) is 4.79 Å². The molecular weight excluding hydrogens is 224 g/mol. The van der Waals surface area contributed by atoms with Crippen molar-refractivity contribution in [2.75, 3.05) is 7.11 Å². The minimum Gasteiger partial charge on any atom is -0.466 e. The number of ether oxygens (including phenoxy) is 1. The molecule has 0 radical (unpaired) electrons. The second-order valence-electron chi connectivity index (χ2n) is 5.25. The van der Waals surface area contributed by atoms with Gasteiger partial charge in [0.15, 0.2) is 16.6 Å². The molecule has 0 saturated carbocycles. The summed E-state index contributed by atoms with van der Waals surface area (Å²) in [4.78, 5) is 11.2. The Morgan fingerprint density at radius 3 is 2.00 bits per heavy atom. The van der Waals surface area contributed by atoms with E-state index in [0.29, 0.717) is 11.6 Å². The van der Waals surface area contributed by atoms with Crippen molar-refractivity contribution in [3.63, 3.8) is 0 Å². The molecule has 0 aliphatic rings. The highest BCUT2D eigenvalue weighted by molar-refractivity contribution is 6.84. The summed E-state index contributed by atoms with van der Waals surface area (Å²) >= 11 is 0. The Balaban J connectivity index is 4.38. The molecule has 0 aromatic rings. The molecular formula is C10H22O3Si2. The van der Waals surface area contributed by atoms with Gasteiger partial charge in [-0.1, -0.05) is 6.58 Å². The fourth-order valence-electron chi connectivity index (χ4n) is 1.60. The zero-order chi connectivity index (χ0) is 12.3. The van der Waals surface area contributed by atoms with E-state index in [1.807, 2.05) is 0 Å². The van der Waals surface area contributed by atoms with Crippen molar-refractivity contribution in [3.05, 3.63) is 12.2 Å². The van der Waals surface area contributed by atoms with Crippen molar-refractivity contribution >= 4 is 22.6 Å². The summed E-state index contributed by atoms with van der Waals surface area (Å²) in [7, 11) is -1.98. The first-order valence-electron chi connectivity index (χ1n) is 5.04. The lowest BCUT2D eigenvalue weighted by Crippen LogP contribution is -2.42. The first kappa shape index (κ1) is 14.6. The highest BCUT2D eigenvalue weighted by atomic mass is 28.4. The van der Waals surface area contributed by atoms with Crippen molar-refractivity contribution in [1.29, 1.82) is 0 Å². The third-order valence-electron chi connectivity index (χ3n) is 1.70. The molecule has 0 aromatic carbocycles. The molecule has 0 spiro atoms. The lowest BCUT2D eigenvalue weighted by Gasteiger charge is -2.31. The van der Waals surface area contributed by atoms with Gasteiger partial charge in [-0.2, -0.15) is 0 Å². The quantitative estimate of drug-likeness (QED) is 0.425. The van der Waals surface area contributed by atoms with E-state index >= 15 is 0 Å². The van der Waals surface area contributed by atoms with Gasteiger partial charge in [0.25, 0.3) is 0 Å². The van der Waals surface area contributed by atoms with Gasteiger partial charge in [0, 0.05) is 5.57 Å². The van der Waals surface area contributed by atoms with Gasteiger partial charge in [-0.15, -0.1) is 0 Å². The van der Waals surface area contributed by atoms with E-state index in [1.165, 1.54) is 7.11 Å². The van der Waals surface area contributed by atoms with Gasteiger partial charge in [-0.05, 0) is 38.8 Å². The number of carbonyl (C=O) groups excluding carboxylic acids is 1. The fourth-order valence-corrected chi connectivity index (χ4v) is 9.69. The maximum atomic E-state index is 11.2. The molecule has 15 heavy (non-hydrogen) atoms. The summed E-state index contributed by atoms with van der Waals surface area (Å²) in [6, 6.07) is 0.643. The molecule has 0 aromatic heterocycles.